The lowest BCUT2D eigenvalue weighted by atomic mass is 10.2. The maximum Gasteiger partial charge on any atom is 0.224 e. The number of halogens is 1. The molecule has 6 heteroatoms. The minimum absolute atomic E-state index is 0.0440. The number of fused-ring (bicyclic) bond motifs is 1. The summed E-state index contributed by atoms with van der Waals surface area (Å²) >= 11 is 3.41. The van der Waals surface area contributed by atoms with Crippen molar-refractivity contribution in [2.24, 2.45) is 0 Å². The molecule has 0 spiro atoms. The molecule has 0 aliphatic rings. The molecule has 0 radical (unpaired) electrons. The molecule has 0 aliphatic carbocycles. The second kappa shape index (κ2) is 8.07. The highest BCUT2D eigenvalue weighted by Crippen LogP contribution is 2.23. The number of hydrogen-bond donors (Lipinski definition) is 2. The Morgan fingerprint density at radius 1 is 1.20 bits per heavy atom. The van der Waals surface area contributed by atoms with E-state index < -0.39 is 0 Å². The lowest BCUT2D eigenvalue weighted by Gasteiger charge is -2.10. The van der Waals surface area contributed by atoms with Crippen molar-refractivity contribution in [1.29, 1.82) is 0 Å². The average molecular weight is 399 g/mol. The summed E-state index contributed by atoms with van der Waals surface area (Å²) in [4.78, 5) is 20.5. The standard InChI is InChI=1S/C19H19BrN4O/c1-2-4-18(25)24-15-6-3-5-13(9-15)11-22-16-7-8-21-17-10-14(20)12-23-19(16)17/h3,5-10,12H,2,4,11H2,1H3,(H,21,22)(H,24,25). The highest BCUT2D eigenvalue weighted by Gasteiger charge is 2.05. The SMILES string of the molecule is CCCC(=O)Nc1cccc(CNc2ccnc3cc(Br)cnc23)c1. The number of hydrogen-bond acceptors (Lipinski definition) is 4. The molecular formula is C19H19BrN4O. The van der Waals surface area contributed by atoms with Crippen LogP contribution in [0.15, 0.2) is 53.3 Å². The molecule has 1 aromatic carbocycles. The third-order valence-electron chi connectivity index (χ3n) is 3.71. The van der Waals surface area contributed by atoms with Crippen molar-refractivity contribution in [3.8, 4) is 0 Å². The second-order valence-corrected chi connectivity index (χ2v) is 6.65. The molecule has 25 heavy (non-hydrogen) atoms. The Kier molecular flexibility index (Phi) is 5.60. The van der Waals surface area contributed by atoms with Crippen molar-refractivity contribution >= 4 is 44.2 Å². The van der Waals surface area contributed by atoms with Crippen LogP contribution < -0.4 is 10.6 Å². The Balaban J connectivity index is 1.73. The van der Waals surface area contributed by atoms with E-state index in [-0.39, 0.29) is 5.91 Å². The van der Waals surface area contributed by atoms with E-state index in [1.807, 2.05) is 43.3 Å². The number of nitrogens with zero attached hydrogens (tertiary/aromatic N) is 2. The second-order valence-electron chi connectivity index (χ2n) is 5.73. The monoisotopic (exact) mass is 398 g/mol. The third kappa shape index (κ3) is 4.54. The number of pyridine rings is 2. The Hall–Kier alpha value is -2.47. The highest BCUT2D eigenvalue weighted by atomic mass is 79.9. The molecule has 0 saturated carbocycles. The van der Waals surface area contributed by atoms with Gasteiger partial charge in [-0.3, -0.25) is 14.8 Å². The fraction of sp³-hybridized carbons (Fsp3) is 0.211. The van der Waals surface area contributed by atoms with Crippen molar-refractivity contribution < 1.29 is 4.79 Å². The largest absolute Gasteiger partial charge is 0.379 e. The van der Waals surface area contributed by atoms with E-state index in [2.05, 4.69) is 36.5 Å². The third-order valence-corrected chi connectivity index (χ3v) is 4.15. The van der Waals surface area contributed by atoms with Gasteiger partial charge in [0.05, 0.1) is 11.2 Å². The van der Waals surface area contributed by atoms with Crippen LogP contribution in [0.4, 0.5) is 11.4 Å². The summed E-state index contributed by atoms with van der Waals surface area (Å²) in [6.07, 6.45) is 4.90. The van der Waals surface area contributed by atoms with Gasteiger partial charge in [-0.25, -0.2) is 0 Å². The van der Waals surface area contributed by atoms with Crippen LogP contribution in [0.3, 0.4) is 0 Å². The molecule has 0 bridgehead atoms. The quantitative estimate of drug-likeness (QED) is 0.628. The zero-order chi connectivity index (χ0) is 17.6. The van der Waals surface area contributed by atoms with Gasteiger partial charge in [-0.15, -0.1) is 0 Å². The van der Waals surface area contributed by atoms with Crippen LogP contribution in [-0.4, -0.2) is 15.9 Å². The smallest absolute Gasteiger partial charge is 0.224 e. The van der Waals surface area contributed by atoms with E-state index in [0.717, 1.165) is 38.9 Å². The Morgan fingerprint density at radius 3 is 2.92 bits per heavy atom. The number of rotatable bonds is 6. The lowest BCUT2D eigenvalue weighted by Crippen LogP contribution is -2.11. The van der Waals surface area contributed by atoms with Gasteiger partial charge < -0.3 is 10.6 Å². The van der Waals surface area contributed by atoms with Gasteiger partial charge in [0, 0.05) is 35.5 Å². The van der Waals surface area contributed by atoms with Gasteiger partial charge in [0.25, 0.3) is 0 Å². The van der Waals surface area contributed by atoms with Gasteiger partial charge in [-0.2, -0.15) is 0 Å². The van der Waals surface area contributed by atoms with Crippen LogP contribution in [0.5, 0.6) is 0 Å². The molecule has 5 nitrogen and oxygen atoms in total. The predicted octanol–water partition coefficient (Wildman–Crippen LogP) is 4.74. The molecule has 1 amide bonds. The Bertz CT molecular complexity index is 897. The van der Waals surface area contributed by atoms with Crippen LogP contribution >= 0.6 is 15.9 Å². The molecule has 0 fully saturated rings. The van der Waals surface area contributed by atoms with Crippen molar-refractivity contribution in [3.63, 3.8) is 0 Å². The van der Waals surface area contributed by atoms with E-state index >= 15 is 0 Å². The zero-order valence-electron chi connectivity index (χ0n) is 13.9. The van der Waals surface area contributed by atoms with E-state index in [9.17, 15) is 4.79 Å². The molecule has 128 valence electrons. The predicted molar refractivity (Wildman–Crippen MR) is 105 cm³/mol. The molecule has 0 saturated heterocycles. The minimum atomic E-state index is 0.0440. The van der Waals surface area contributed by atoms with Gasteiger partial charge >= 0.3 is 0 Å². The summed E-state index contributed by atoms with van der Waals surface area (Å²) in [5, 5.41) is 6.32. The molecule has 0 unspecified atom stereocenters. The maximum atomic E-state index is 11.7. The van der Waals surface area contributed by atoms with E-state index in [0.29, 0.717) is 13.0 Å². The van der Waals surface area contributed by atoms with Crippen molar-refractivity contribution in [1.82, 2.24) is 9.97 Å². The first-order chi connectivity index (χ1) is 12.2. The molecule has 0 aliphatic heterocycles. The summed E-state index contributed by atoms with van der Waals surface area (Å²) in [6, 6.07) is 11.7. The molecule has 3 aromatic rings. The number of amides is 1. The number of benzene rings is 1. The summed E-state index contributed by atoms with van der Waals surface area (Å²) in [5.41, 5.74) is 4.49. The van der Waals surface area contributed by atoms with Gasteiger partial charge in [0.1, 0.15) is 5.52 Å². The van der Waals surface area contributed by atoms with Crippen molar-refractivity contribution in [2.45, 2.75) is 26.3 Å². The van der Waals surface area contributed by atoms with Crippen molar-refractivity contribution in [3.05, 3.63) is 58.8 Å². The molecule has 3 rings (SSSR count). The molecule has 0 atom stereocenters. The number of carbonyl (C=O) groups excluding carboxylic acids is 1. The van der Waals surface area contributed by atoms with Gasteiger partial charge in [0.2, 0.25) is 5.91 Å². The van der Waals surface area contributed by atoms with E-state index in [4.69, 9.17) is 0 Å². The van der Waals surface area contributed by atoms with Crippen LogP contribution in [0.25, 0.3) is 11.0 Å². The topological polar surface area (TPSA) is 66.9 Å². The summed E-state index contributed by atoms with van der Waals surface area (Å²) in [6.45, 7) is 2.62. The summed E-state index contributed by atoms with van der Waals surface area (Å²) in [7, 11) is 0. The van der Waals surface area contributed by atoms with E-state index in [1.165, 1.54) is 0 Å². The number of nitrogens with one attached hydrogen (secondary N) is 2. The Labute approximate surface area is 155 Å². The first kappa shape index (κ1) is 17.4. The summed E-state index contributed by atoms with van der Waals surface area (Å²) in [5.74, 6) is 0.0440. The van der Waals surface area contributed by atoms with E-state index in [1.54, 1.807) is 12.4 Å². The van der Waals surface area contributed by atoms with Gasteiger partial charge in [-0.05, 0) is 52.2 Å². The highest BCUT2D eigenvalue weighted by molar-refractivity contribution is 9.10. The number of carbonyl (C=O) groups is 1. The molecule has 2 heterocycles. The van der Waals surface area contributed by atoms with Crippen LogP contribution in [-0.2, 0) is 11.3 Å². The number of aromatic nitrogens is 2. The van der Waals surface area contributed by atoms with Crippen molar-refractivity contribution in [2.75, 3.05) is 10.6 Å². The molecule has 2 N–H and O–H groups in total. The van der Waals surface area contributed by atoms with Crippen LogP contribution in [0.2, 0.25) is 0 Å². The normalized spacial score (nSPS) is 10.6. The lowest BCUT2D eigenvalue weighted by molar-refractivity contribution is -0.116. The zero-order valence-corrected chi connectivity index (χ0v) is 15.5. The van der Waals surface area contributed by atoms with Crippen LogP contribution in [0, 0.1) is 0 Å². The first-order valence-electron chi connectivity index (χ1n) is 8.18. The van der Waals surface area contributed by atoms with Crippen LogP contribution in [0.1, 0.15) is 25.3 Å². The number of anilines is 2. The molecular weight excluding hydrogens is 380 g/mol. The molecule has 2 aromatic heterocycles. The fourth-order valence-electron chi connectivity index (χ4n) is 2.56. The fourth-order valence-corrected chi connectivity index (χ4v) is 2.87. The first-order valence-corrected chi connectivity index (χ1v) is 8.98. The Morgan fingerprint density at radius 2 is 2.08 bits per heavy atom. The maximum absolute atomic E-state index is 11.7. The average Bonchev–Trinajstić information content (AvgIpc) is 2.60. The minimum Gasteiger partial charge on any atom is -0.379 e. The van der Waals surface area contributed by atoms with Gasteiger partial charge in [-0.1, -0.05) is 19.1 Å². The van der Waals surface area contributed by atoms with Gasteiger partial charge in [0.15, 0.2) is 0 Å². The summed E-state index contributed by atoms with van der Waals surface area (Å²) < 4.78 is 0.903.